The van der Waals surface area contributed by atoms with Crippen LogP contribution in [-0.2, 0) is 23.9 Å². The Morgan fingerprint density at radius 2 is 1.70 bits per heavy atom. The number of urea groups is 1. The number of aryl methyl sites for hydroxylation is 1. The van der Waals surface area contributed by atoms with Gasteiger partial charge in [-0.2, -0.15) is 13.2 Å². The van der Waals surface area contributed by atoms with Crippen LogP contribution in [0.15, 0.2) is 48.5 Å². The van der Waals surface area contributed by atoms with Crippen molar-refractivity contribution < 1.29 is 31.9 Å². The predicted octanol–water partition coefficient (Wildman–Crippen LogP) is 6.77. The number of hydrogen-bond acceptors (Lipinski definition) is 5. The molecule has 4 heterocycles. The normalized spacial score (nSPS) is 21.2. The standard InChI is InChI=1S/C33H38F4N6O3/c1-21-38-29-20-40(32(45)46-2)17-14-30(29)43(21)28-18-26-12-13-27(19-28)41(26)15-3-16-42(25-10-6-23(34)7-11-25)31(44)39-24-8-4-22(5-9-24)33(35,36)37/h4-11,26-28H,3,12-20H2,1-2H3,(H,39,44)/t26-,27+,28?. The van der Waals surface area contributed by atoms with Gasteiger partial charge < -0.3 is 19.5 Å². The van der Waals surface area contributed by atoms with Crippen molar-refractivity contribution in [3.63, 3.8) is 0 Å². The second kappa shape index (κ2) is 12.9. The van der Waals surface area contributed by atoms with E-state index in [0.717, 1.165) is 62.3 Å². The number of anilines is 2. The van der Waals surface area contributed by atoms with E-state index < -0.39 is 23.6 Å². The Morgan fingerprint density at radius 3 is 2.33 bits per heavy atom. The zero-order chi connectivity index (χ0) is 32.6. The molecule has 46 heavy (non-hydrogen) atoms. The fourth-order valence-electron chi connectivity index (χ4n) is 7.44. The summed E-state index contributed by atoms with van der Waals surface area (Å²) < 4.78 is 60.0. The molecule has 1 aromatic heterocycles. The molecule has 3 atom stereocenters. The highest BCUT2D eigenvalue weighted by Crippen LogP contribution is 2.42. The van der Waals surface area contributed by atoms with Gasteiger partial charge in [-0.3, -0.25) is 9.80 Å². The summed E-state index contributed by atoms with van der Waals surface area (Å²) in [6.07, 6.45) is 0.800. The van der Waals surface area contributed by atoms with E-state index in [9.17, 15) is 27.2 Å². The number of alkyl halides is 3. The molecule has 3 aliphatic heterocycles. The number of halogens is 4. The van der Waals surface area contributed by atoms with E-state index in [1.54, 1.807) is 4.90 Å². The van der Waals surface area contributed by atoms with Crippen molar-refractivity contribution in [1.82, 2.24) is 19.4 Å². The summed E-state index contributed by atoms with van der Waals surface area (Å²) in [6.45, 7) is 4.23. The first kappa shape index (κ1) is 31.8. The van der Waals surface area contributed by atoms with Gasteiger partial charge >= 0.3 is 18.3 Å². The number of benzene rings is 2. The van der Waals surface area contributed by atoms with E-state index in [1.807, 2.05) is 6.92 Å². The highest BCUT2D eigenvalue weighted by Gasteiger charge is 2.42. The van der Waals surface area contributed by atoms with Crippen molar-refractivity contribution in [2.24, 2.45) is 0 Å². The van der Waals surface area contributed by atoms with E-state index >= 15 is 0 Å². The predicted molar refractivity (Wildman–Crippen MR) is 164 cm³/mol. The van der Waals surface area contributed by atoms with Crippen molar-refractivity contribution in [3.8, 4) is 0 Å². The zero-order valence-electron chi connectivity index (χ0n) is 25.9. The molecule has 1 N–H and O–H groups in total. The van der Waals surface area contributed by atoms with E-state index in [1.165, 1.54) is 54.1 Å². The summed E-state index contributed by atoms with van der Waals surface area (Å²) in [6, 6.07) is 10.5. The molecule has 2 aromatic carbocycles. The number of imidazole rings is 1. The second-order valence-corrected chi connectivity index (χ2v) is 12.3. The van der Waals surface area contributed by atoms with Crippen molar-refractivity contribution in [3.05, 3.63) is 77.1 Å². The monoisotopic (exact) mass is 642 g/mol. The van der Waals surface area contributed by atoms with Crippen LogP contribution in [0.1, 0.15) is 60.9 Å². The summed E-state index contributed by atoms with van der Waals surface area (Å²) in [5.41, 5.74) is 2.09. The molecule has 0 radical (unpaired) electrons. The highest BCUT2D eigenvalue weighted by atomic mass is 19.4. The van der Waals surface area contributed by atoms with Crippen LogP contribution in [0.5, 0.6) is 0 Å². The molecule has 1 unspecified atom stereocenters. The molecule has 2 saturated heterocycles. The molecule has 2 fully saturated rings. The first-order valence-electron chi connectivity index (χ1n) is 15.7. The molecule has 3 aromatic rings. The molecule has 0 saturated carbocycles. The number of methoxy groups -OCH3 is 1. The molecular formula is C33H38F4N6O3. The van der Waals surface area contributed by atoms with Gasteiger partial charge in [-0.15, -0.1) is 0 Å². The number of amides is 3. The number of piperidine rings is 1. The minimum Gasteiger partial charge on any atom is -0.453 e. The number of hydrogen-bond donors (Lipinski definition) is 1. The molecular weight excluding hydrogens is 604 g/mol. The van der Waals surface area contributed by atoms with Crippen LogP contribution in [0.4, 0.5) is 38.5 Å². The molecule has 246 valence electrons. The Bertz CT molecular complexity index is 1550. The average molecular weight is 643 g/mol. The lowest BCUT2D eigenvalue weighted by Gasteiger charge is -2.41. The first-order valence-corrected chi connectivity index (χ1v) is 15.7. The molecule has 13 heteroatoms. The van der Waals surface area contributed by atoms with Crippen molar-refractivity contribution in [1.29, 1.82) is 0 Å². The zero-order valence-corrected chi connectivity index (χ0v) is 25.9. The van der Waals surface area contributed by atoms with Crippen LogP contribution < -0.4 is 10.2 Å². The number of fused-ring (bicyclic) bond motifs is 3. The largest absolute Gasteiger partial charge is 0.453 e. The van der Waals surface area contributed by atoms with E-state index in [0.29, 0.717) is 49.9 Å². The number of aromatic nitrogens is 2. The summed E-state index contributed by atoms with van der Waals surface area (Å²) >= 11 is 0. The lowest BCUT2D eigenvalue weighted by Crippen LogP contribution is -2.45. The Kier molecular flexibility index (Phi) is 8.95. The van der Waals surface area contributed by atoms with Crippen molar-refractivity contribution >= 4 is 23.5 Å². The Morgan fingerprint density at radius 1 is 1.02 bits per heavy atom. The third-order valence-electron chi connectivity index (χ3n) is 9.53. The maximum absolute atomic E-state index is 13.7. The van der Waals surface area contributed by atoms with Gasteiger partial charge in [0.15, 0.2) is 0 Å². The summed E-state index contributed by atoms with van der Waals surface area (Å²) in [7, 11) is 1.39. The molecule has 6 rings (SSSR count). The van der Waals surface area contributed by atoms with Gasteiger partial charge in [-0.25, -0.2) is 19.0 Å². The average Bonchev–Trinajstić information content (AvgIpc) is 3.48. The number of carbonyl (C=O) groups is 2. The Hall–Kier alpha value is -4.13. The minimum absolute atomic E-state index is 0.236. The number of rotatable bonds is 7. The van der Waals surface area contributed by atoms with Crippen LogP contribution in [0, 0.1) is 12.7 Å². The number of nitrogens with one attached hydrogen (secondary N) is 1. The van der Waals surface area contributed by atoms with Gasteiger partial charge in [0.25, 0.3) is 0 Å². The lowest BCUT2D eigenvalue weighted by molar-refractivity contribution is -0.137. The van der Waals surface area contributed by atoms with Gasteiger partial charge in [0.05, 0.1) is 24.9 Å². The van der Waals surface area contributed by atoms with Gasteiger partial charge in [0.1, 0.15) is 11.6 Å². The van der Waals surface area contributed by atoms with E-state index in [2.05, 4.69) is 14.8 Å². The van der Waals surface area contributed by atoms with Crippen LogP contribution in [0.25, 0.3) is 0 Å². The van der Waals surface area contributed by atoms with Crippen LogP contribution in [0.3, 0.4) is 0 Å². The fourth-order valence-corrected chi connectivity index (χ4v) is 7.44. The molecule has 0 aliphatic carbocycles. The topological polar surface area (TPSA) is 82.9 Å². The fraction of sp³-hybridized carbons (Fsp3) is 0.485. The smallest absolute Gasteiger partial charge is 0.416 e. The van der Waals surface area contributed by atoms with Crippen LogP contribution in [-0.4, -0.2) is 70.3 Å². The molecule has 3 aliphatic rings. The summed E-state index contributed by atoms with van der Waals surface area (Å²) in [5.74, 6) is 0.546. The molecule has 0 spiro atoms. The van der Waals surface area contributed by atoms with E-state index in [-0.39, 0.29) is 11.8 Å². The highest BCUT2D eigenvalue weighted by molar-refractivity contribution is 6.01. The Labute approximate surface area is 265 Å². The van der Waals surface area contributed by atoms with Crippen LogP contribution in [0.2, 0.25) is 0 Å². The maximum Gasteiger partial charge on any atom is 0.416 e. The van der Waals surface area contributed by atoms with E-state index in [4.69, 9.17) is 9.72 Å². The quantitative estimate of drug-likeness (QED) is 0.288. The number of nitrogens with zero attached hydrogens (tertiary/aromatic N) is 5. The molecule has 2 bridgehead atoms. The van der Waals surface area contributed by atoms with Gasteiger partial charge in [0, 0.05) is 61.2 Å². The summed E-state index contributed by atoms with van der Waals surface area (Å²) in [5, 5.41) is 2.69. The SMILES string of the molecule is COC(=O)N1CCc2c(nc(C)n2C2C[C@H]3CC[C@@H](C2)N3CCCN(C(=O)Nc2ccc(C(F)(F)F)cc2)c2ccc(F)cc2)C1. The third kappa shape index (κ3) is 6.55. The van der Waals surface area contributed by atoms with Gasteiger partial charge in [-0.05, 0) is 87.6 Å². The third-order valence-corrected chi connectivity index (χ3v) is 9.53. The number of carbonyl (C=O) groups excluding carboxylic acids is 2. The van der Waals surface area contributed by atoms with Gasteiger partial charge in [-0.1, -0.05) is 0 Å². The second-order valence-electron chi connectivity index (χ2n) is 12.3. The van der Waals surface area contributed by atoms with Crippen molar-refractivity contribution in [2.75, 3.05) is 37.0 Å². The van der Waals surface area contributed by atoms with Crippen molar-refractivity contribution in [2.45, 2.75) is 76.3 Å². The minimum atomic E-state index is -4.47. The molecule has 9 nitrogen and oxygen atoms in total. The summed E-state index contributed by atoms with van der Waals surface area (Å²) in [4.78, 5) is 36.0. The first-order chi connectivity index (χ1) is 22.0. The van der Waals surface area contributed by atoms with Crippen LogP contribution >= 0.6 is 0 Å². The number of ether oxygens (including phenoxy) is 1. The maximum atomic E-state index is 13.7. The van der Waals surface area contributed by atoms with Gasteiger partial charge in [0.2, 0.25) is 0 Å². The lowest BCUT2D eigenvalue weighted by atomic mass is 9.95. The molecule has 3 amide bonds. The Balaban J connectivity index is 1.10.